The summed E-state index contributed by atoms with van der Waals surface area (Å²) in [5, 5.41) is 0.223. The van der Waals surface area contributed by atoms with Gasteiger partial charge >= 0.3 is 11.4 Å². The van der Waals surface area contributed by atoms with Crippen LogP contribution in [0.25, 0.3) is 10.9 Å². The van der Waals surface area contributed by atoms with E-state index in [1.54, 1.807) is 12.1 Å². The molecular weight excluding hydrogens is 266 g/mol. The molecule has 0 saturated heterocycles. The van der Waals surface area contributed by atoms with Crippen molar-refractivity contribution in [3.63, 3.8) is 0 Å². The van der Waals surface area contributed by atoms with Crippen molar-refractivity contribution in [2.75, 3.05) is 7.11 Å². The van der Waals surface area contributed by atoms with Gasteiger partial charge in [-0.05, 0) is 12.1 Å². The zero-order chi connectivity index (χ0) is 11.0. The zero-order valence-corrected chi connectivity index (χ0v) is 9.25. The predicted octanol–water partition coefficient (Wildman–Crippen LogP) is 1.25. The molecule has 0 amide bonds. The number of H-pyrrole nitrogens is 1. The summed E-state index contributed by atoms with van der Waals surface area (Å²) in [4.78, 5) is 24.8. The van der Waals surface area contributed by atoms with Crippen LogP contribution in [0.3, 0.4) is 0 Å². The van der Waals surface area contributed by atoms with E-state index >= 15 is 0 Å². The second-order valence-electron chi connectivity index (χ2n) is 2.83. The number of methoxy groups -OCH3 is 1. The van der Waals surface area contributed by atoms with E-state index in [2.05, 4.69) is 25.3 Å². The monoisotopic (exact) mass is 271 g/mol. The molecule has 0 fully saturated rings. The Balaban J connectivity index is 3.03. The summed E-state index contributed by atoms with van der Waals surface area (Å²) < 4.78 is 10.1. The molecule has 0 aliphatic heterocycles. The Morgan fingerprint density at radius 3 is 2.80 bits per heavy atom. The molecule has 6 heteroatoms. The molecule has 0 atom stereocenters. The SMILES string of the molecule is COc1cc(Br)cc2[nH]c(=O)oc(=O)c12. The fourth-order valence-electron chi connectivity index (χ4n) is 1.32. The first-order valence-electron chi connectivity index (χ1n) is 4.02. The van der Waals surface area contributed by atoms with Crippen LogP contribution >= 0.6 is 15.9 Å². The van der Waals surface area contributed by atoms with E-state index in [0.29, 0.717) is 15.7 Å². The molecule has 15 heavy (non-hydrogen) atoms. The highest BCUT2D eigenvalue weighted by molar-refractivity contribution is 9.10. The topological polar surface area (TPSA) is 72.3 Å². The van der Waals surface area contributed by atoms with Crippen molar-refractivity contribution < 1.29 is 9.15 Å². The van der Waals surface area contributed by atoms with Crippen LogP contribution in [0.2, 0.25) is 0 Å². The number of nitrogens with one attached hydrogen (secondary N) is 1. The molecule has 0 aliphatic carbocycles. The molecule has 78 valence electrons. The van der Waals surface area contributed by atoms with Crippen LogP contribution in [-0.4, -0.2) is 12.1 Å². The number of halogens is 1. The van der Waals surface area contributed by atoms with Gasteiger partial charge in [0, 0.05) is 4.47 Å². The Morgan fingerprint density at radius 2 is 2.13 bits per heavy atom. The first-order valence-corrected chi connectivity index (χ1v) is 4.82. The third kappa shape index (κ3) is 1.68. The van der Waals surface area contributed by atoms with Gasteiger partial charge in [-0.15, -0.1) is 0 Å². The first-order chi connectivity index (χ1) is 7.11. The van der Waals surface area contributed by atoms with Gasteiger partial charge in [0.1, 0.15) is 11.1 Å². The minimum absolute atomic E-state index is 0.223. The number of ether oxygens (including phenoxy) is 1. The van der Waals surface area contributed by atoms with Gasteiger partial charge in [0.2, 0.25) is 0 Å². The number of fused-ring (bicyclic) bond motifs is 1. The van der Waals surface area contributed by atoms with Gasteiger partial charge in [0.05, 0.1) is 12.6 Å². The van der Waals surface area contributed by atoms with Gasteiger partial charge in [-0.25, -0.2) is 9.59 Å². The van der Waals surface area contributed by atoms with Crippen molar-refractivity contribution in [3.05, 3.63) is 37.6 Å². The van der Waals surface area contributed by atoms with E-state index in [4.69, 9.17) is 4.74 Å². The summed E-state index contributed by atoms with van der Waals surface area (Å²) >= 11 is 3.24. The summed E-state index contributed by atoms with van der Waals surface area (Å²) in [6.45, 7) is 0. The van der Waals surface area contributed by atoms with E-state index in [9.17, 15) is 9.59 Å². The Kier molecular flexibility index (Phi) is 2.36. The van der Waals surface area contributed by atoms with Crippen LogP contribution < -0.4 is 16.1 Å². The number of aromatic nitrogens is 1. The Hall–Kier alpha value is -1.56. The number of aromatic amines is 1. The van der Waals surface area contributed by atoms with Crippen molar-refractivity contribution in [3.8, 4) is 5.75 Å². The van der Waals surface area contributed by atoms with Crippen LogP contribution in [0, 0.1) is 0 Å². The normalized spacial score (nSPS) is 10.5. The highest BCUT2D eigenvalue weighted by Gasteiger charge is 2.10. The zero-order valence-electron chi connectivity index (χ0n) is 7.67. The molecule has 0 radical (unpaired) electrons. The lowest BCUT2D eigenvalue weighted by Gasteiger charge is -2.03. The third-order valence-electron chi connectivity index (χ3n) is 1.91. The highest BCUT2D eigenvalue weighted by Crippen LogP contribution is 2.25. The molecule has 0 spiro atoms. The predicted molar refractivity (Wildman–Crippen MR) is 57.4 cm³/mol. The van der Waals surface area contributed by atoms with E-state index in [1.807, 2.05) is 0 Å². The van der Waals surface area contributed by atoms with Crippen molar-refractivity contribution in [1.82, 2.24) is 4.98 Å². The summed E-state index contributed by atoms with van der Waals surface area (Å²) in [5.41, 5.74) is -0.333. The maximum absolute atomic E-state index is 11.4. The molecule has 1 aromatic heterocycles. The standard InChI is InChI=1S/C9H6BrNO4/c1-14-6-3-4(10)2-5-7(6)8(12)15-9(13)11-5/h2-3H,1H3,(H,11,13). The molecule has 2 aromatic rings. The first kappa shape index (κ1) is 9.97. The lowest BCUT2D eigenvalue weighted by molar-refractivity contribution is 0.413. The van der Waals surface area contributed by atoms with Gasteiger partial charge in [0.25, 0.3) is 0 Å². The maximum Gasteiger partial charge on any atom is 0.419 e. The van der Waals surface area contributed by atoms with E-state index in [-0.39, 0.29) is 5.39 Å². The third-order valence-corrected chi connectivity index (χ3v) is 2.37. The van der Waals surface area contributed by atoms with Crippen molar-refractivity contribution in [1.29, 1.82) is 0 Å². The lowest BCUT2D eigenvalue weighted by Crippen LogP contribution is -2.15. The number of rotatable bonds is 1. The smallest absolute Gasteiger partial charge is 0.419 e. The van der Waals surface area contributed by atoms with Crippen LogP contribution in [-0.2, 0) is 0 Å². The molecule has 0 saturated carbocycles. The highest BCUT2D eigenvalue weighted by atomic mass is 79.9. The minimum Gasteiger partial charge on any atom is -0.496 e. The van der Waals surface area contributed by atoms with E-state index in [0.717, 1.165) is 0 Å². The summed E-state index contributed by atoms with van der Waals surface area (Å²) in [5.74, 6) is -0.433. The molecule has 1 heterocycles. The van der Waals surface area contributed by atoms with E-state index < -0.39 is 11.4 Å². The summed E-state index contributed by atoms with van der Waals surface area (Å²) in [6, 6.07) is 3.23. The molecule has 0 bridgehead atoms. The fraction of sp³-hybridized carbons (Fsp3) is 0.111. The number of benzene rings is 1. The molecule has 0 aliphatic rings. The molecule has 1 N–H and O–H groups in total. The van der Waals surface area contributed by atoms with Crippen LogP contribution in [0.5, 0.6) is 5.75 Å². The maximum atomic E-state index is 11.4. The number of hydrogen-bond acceptors (Lipinski definition) is 4. The van der Waals surface area contributed by atoms with Crippen LogP contribution in [0.1, 0.15) is 0 Å². The molecule has 2 rings (SSSR count). The molecule has 0 unspecified atom stereocenters. The quantitative estimate of drug-likeness (QED) is 0.848. The van der Waals surface area contributed by atoms with Gasteiger partial charge in [-0.2, -0.15) is 0 Å². The van der Waals surface area contributed by atoms with Crippen molar-refractivity contribution in [2.24, 2.45) is 0 Å². The molecule has 1 aromatic carbocycles. The van der Waals surface area contributed by atoms with E-state index in [1.165, 1.54) is 7.11 Å². The van der Waals surface area contributed by atoms with Gasteiger partial charge in [-0.3, -0.25) is 4.98 Å². The second kappa shape index (κ2) is 3.54. The average molecular weight is 272 g/mol. The summed E-state index contributed by atoms with van der Waals surface area (Å²) in [6.07, 6.45) is 0. The van der Waals surface area contributed by atoms with Gasteiger partial charge in [-0.1, -0.05) is 15.9 Å². The largest absolute Gasteiger partial charge is 0.496 e. The Morgan fingerprint density at radius 1 is 1.40 bits per heavy atom. The second-order valence-corrected chi connectivity index (χ2v) is 3.75. The fourth-order valence-corrected chi connectivity index (χ4v) is 1.76. The Bertz CT molecular complexity index is 628. The van der Waals surface area contributed by atoms with Crippen LogP contribution in [0.15, 0.2) is 30.6 Å². The van der Waals surface area contributed by atoms with Crippen LogP contribution in [0.4, 0.5) is 0 Å². The van der Waals surface area contributed by atoms with Gasteiger partial charge in [0.15, 0.2) is 0 Å². The minimum atomic E-state index is -0.785. The summed E-state index contributed by atoms with van der Waals surface area (Å²) in [7, 11) is 1.44. The van der Waals surface area contributed by atoms with Gasteiger partial charge < -0.3 is 9.15 Å². The Labute approximate surface area is 91.8 Å². The average Bonchev–Trinajstić information content (AvgIpc) is 2.14. The van der Waals surface area contributed by atoms with Crippen molar-refractivity contribution in [2.45, 2.75) is 0 Å². The van der Waals surface area contributed by atoms with Crippen molar-refractivity contribution >= 4 is 26.8 Å². The molecule has 5 nitrogen and oxygen atoms in total. The number of hydrogen-bond donors (Lipinski definition) is 1. The lowest BCUT2D eigenvalue weighted by atomic mass is 10.2. The molecular formula is C9H6BrNO4.